The van der Waals surface area contributed by atoms with Gasteiger partial charge in [0.15, 0.2) is 11.2 Å². The van der Waals surface area contributed by atoms with Gasteiger partial charge in [0.1, 0.15) is 11.0 Å². The summed E-state index contributed by atoms with van der Waals surface area (Å²) in [4.78, 5) is 9.34. The molecule has 4 nitrogen and oxygen atoms in total. The molecule has 0 radical (unpaired) electrons. The van der Waals surface area contributed by atoms with Crippen LogP contribution in [0.1, 0.15) is 22.3 Å². The van der Waals surface area contributed by atoms with Crippen LogP contribution in [0.3, 0.4) is 0 Å². The molecule has 0 unspecified atom stereocenters. The second-order valence-corrected chi connectivity index (χ2v) is 7.33. The molecule has 0 spiro atoms. The first kappa shape index (κ1) is 16.8. The van der Waals surface area contributed by atoms with Crippen LogP contribution in [0, 0.1) is 27.7 Å². The van der Waals surface area contributed by atoms with Crippen LogP contribution in [0.4, 0.5) is 0 Å². The summed E-state index contributed by atoms with van der Waals surface area (Å²) in [5, 5.41) is 0. The largest absolute Gasteiger partial charge is 0.436 e. The predicted octanol–water partition coefficient (Wildman–Crippen LogP) is 6.54. The van der Waals surface area contributed by atoms with Crippen molar-refractivity contribution in [2.45, 2.75) is 27.7 Å². The number of hydrogen-bond acceptors (Lipinski definition) is 4. The standard InChI is InChI=1S/C24H20N2O2/c1-13-8-10-19-21(15(13)3)27-23(25-19)17-6-5-7-18(12-17)24-26-20-11-9-14(2)16(4)22(20)28-24/h5-12H,1-4H3. The van der Waals surface area contributed by atoms with E-state index in [1.807, 2.05) is 36.4 Å². The zero-order valence-corrected chi connectivity index (χ0v) is 16.3. The number of aromatic nitrogens is 2. The summed E-state index contributed by atoms with van der Waals surface area (Å²) in [7, 11) is 0. The van der Waals surface area contributed by atoms with Crippen molar-refractivity contribution in [3.63, 3.8) is 0 Å². The molecule has 0 N–H and O–H groups in total. The summed E-state index contributed by atoms with van der Waals surface area (Å²) >= 11 is 0. The highest BCUT2D eigenvalue weighted by atomic mass is 16.4. The Bertz CT molecular complexity index is 1260. The molecule has 4 heteroatoms. The van der Waals surface area contributed by atoms with Gasteiger partial charge in [-0.1, -0.05) is 18.2 Å². The normalized spacial score (nSPS) is 11.6. The molecule has 3 aromatic carbocycles. The number of aryl methyl sites for hydroxylation is 4. The summed E-state index contributed by atoms with van der Waals surface area (Å²) in [5.41, 5.74) is 9.87. The summed E-state index contributed by atoms with van der Waals surface area (Å²) in [6.45, 7) is 8.28. The molecule has 0 fully saturated rings. The Labute approximate surface area is 162 Å². The van der Waals surface area contributed by atoms with Crippen molar-refractivity contribution < 1.29 is 8.83 Å². The fraction of sp³-hybridized carbons (Fsp3) is 0.167. The molecule has 28 heavy (non-hydrogen) atoms. The number of nitrogens with zero attached hydrogens (tertiary/aromatic N) is 2. The van der Waals surface area contributed by atoms with E-state index in [0.717, 1.165) is 44.5 Å². The van der Waals surface area contributed by atoms with Crippen LogP contribution in [-0.4, -0.2) is 9.97 Å². The van der Waals surface area contributed by atoms with Gasteiger partial charge in [0.2, 0.25) is 11.8 Å². The average molecular weight is 368 g/mol. The highest BCUT2D eigenvalue weighted by molar-refractivity contribution is 5.82. The van der Waals surface area contributed by atoms with Gasteiger partial charge in [-0.3, -0.25) is 0 Å². The van der Waals surface area contributed by atoms with Crippen LogP contribution < -0.4 is 0 Å². The smallest absolute Gasteiger partial charge is 0.227 e. The first-order valence-corrected chi connectivity index (χ1v) is 9.35. The number of fused-ring (bicyclic) bond motifs is 2. The predicted molar refractivity (Wildman–Crippen MR) is 111 cm³/mol. The quantitative estimate of drug-likeness (QED) is 0.355. The van der Waals surface area contributed by atoms with Gasteiger partial charge >= 0.3 is 0 Å². The van der Waals surface area contributed by atoms with E-state index in [-0.39, 0.29) is 0 Å². The van der Waals surface area contributed by atoms with Gasteiger partial charge in [0.25, 0.3) is 0 Å². The van der Waals surface area contributed by atoms with E-state index in [9.17, 15) is 0 Å². The van der Waals surface area contributed by atoms with Crippen LogP contribution in [0.25, 0.3) is 45.1 Å². The lowest BCUT2D eigenvalue weighted by atomic mass is 10.1. The summed E-state index contributed by atoms with van der Waals surface area (Å²) in [6.07, 6.45) is 0. The third-order valence-corrected chi connectivity index (χ3v) is 5.51. The zero-order chi connectivity index (χ0) is 19.4. The molecule has 2 aromatic heterocycles. The number of benzene rings is 3. The summed E-state index contributed by atoms with van der Waals surface area (Å²) < 4.78 is 12.2. The minimum absolute atomic E-state index is 0.605. The van der Waals surface area contributed by atoms with Gasteiger partial charge in [0.05, 0.1) is 0 Å². The third-order valence-electron chi connectivity index (χ3n) is 5.51. The molecule has 0 aliphatic heterocycles. The van der Waals surface area contributed by atoms with Crippen molar-refractivity contribution in [3.05, 3.63) is 70.8 Å². The lowest BCUT2D eigenvalue weighted by Crippen LogP contribution is -1.81. The molecule has 5 rings (SSSR count). The summed E-state index contributed by atoms with van der Waals surface area (Å²) in [5.74, 6) is 1.21. The fourth-order valence-corrected chi connectivity index (χ4v) is 3.48. The maximum absolute atomic E-state index is 6.09. The van der Waals surface area contributed by atoms with Crippen molar-refractivity contribution in [1.82, 2.24) is 9.97 Å². The highest BCUT2D eigenvalue weighted by Gasteiger charge is 2.15. The van der Waals surface area contributed by atoms with Crippen LogP contribution in [-0.2, 0) is 0 Å². The third kappa shape index (κ3) is 2.53. The Morgan fingerprint density at radius 1 is 0.607 bits per heavy atom. The van der Waals surface area contributed by atoms with E-state index >= 15 is 0 Å². The van der Waals surface area contributed by atoms with Gasteiger partial charge in [-0.25, -0.2) is 9.97 Å². The van der Waals surface area contributed by atoms with Crippen molar-refractivity contribution in [3.8, 4) is 22.9 Å². The Kier molecular flexibility index (Phi) is 3.63. The van der Waals surface area contributed by atoms with E-state index in [1.54, 1.807) is 0 Å². The van der Waals surface area contributed by atoms with E-state index in [0.29, 0.717) is 11.8 Å². The second-order valence-electron chi connectivity index (χ2n) is 7.33. The van der Waals surface area contributed by atoms with Crippen molar-refractivity contribution in [2.24, 2.45) is 0 Å². The van der Waals surface area contributed by atoms with E-state index in [2.05, 4.69) is 49.8 Å². The monoisotopic (exact) mass is 368 g/mol. The topological polar surface area (TPSA) is 52.1 Å². The van der Waals surface area contributed by atoms with E-state index in [1.165, 1.54) is 11.1 Å². The van der Waals surface area contributed by atoms with Crippen molar-refractivity contribution >= 4 is 22.2 Å². The van der Waals surface area contributed by atoms with Crippen LogP contribution in [0.15, 0.2) is 57.4 Å². The minimum atomic E-state index is 0.605. The molecular weight excluding hydrogens is 348 g/mol. The lowest BCUT2D eigenvalue weighted by Gasteiger charge is -2.00. The maximum Gasteiger partial charge on any atom is 0.227 e. The lowest BCUT2D eigenvalue weighted by molar-refractivity contribution is 0.614. The second kappa shape index (κ2) is 6.06. The molecule has 0 amide bonds. The molecule has 0 atom stereocenters. The summed E-state index contributed by atoms with van der Waals surface area (Å²) in [6, 6.07) is 16.1. The van der Waals surface area contributed by atoms with Crippen molar-refractivity contribution in [2.75, 3.05) is 0 Å². The van der Waals surface area contributed by atoms with Crippen molar-refractivity contribution in [1.29, 1.82) is 0 Å². The SMILES string of the molecule is Cc1ccc2nc(-c3cccc(-c4nc5ccc(C)c(C)c5o4)c3)oc2c1C. The Morgan fingerprint density at radius 2 is 1.07 bits per heavy atom. The molecule has 0 saturated carbocycles. The van der Waals surface area contributed by atoms with Gasteiger partial charge in [0, 0.05) is 11.1 Å². The van der Waals surface area contributed by atoms with Gasteiger partial charge in [-0.2, -0.15) is 0 Å². The van der Waals surface area contributed by atoms with Gasteiger partial charge in [-0.15, -0.1) is 0 Å². The molecule has 0 bridgehead atoms. The Morgan fingerprint density at radius 3 is 1.54 bits per heavy atom. The number of hydrogen-bond donors (Lipinski definition) is 0. The minimum Gasteiger partial charge on any atom is -0.436 e. The van der Waals surface area contributed by atoms with Crippen LogP contribution in [0.5, 0.6) is 0 Å². The fourth-order valence-electron chi connectivity index (χ4n) is 3.48. The number of rotatable bonds is 2. The first-order chi connectivity index (χ1) is 13.5. The van der Waals surface area contributed by atoms with Gasteiger partial charge < -0.3 is 8.83 Å². The van der Waals surface area contributed by atoms with Crippen LogP contribution in [0.2, 0.25) is 0 Å². The molecule has 2 heterocycles. The number of oxazole rings is 2. The van der Waals surface area contributed by atoms with E-state index in [4.69, 9.17) is 8.83 Å². The Balaban J connectivity index is 1.62. The van der Waals surface area contributed by atoms with Gasteiger partial charge in [-0.05, 0) is 80.3 Å². The zero-order valence-electron chi connectivity index (χ0n) is 16.3. The molecule has 138 valence electrons. The first-order valence-electron chi connectivity index (χ1n) is 9.35. The molecule has 0 aliphatic carbocycles. The Hall–Kier alpha value is -3.40. The molecule has 0 saturated heterocycles. The van der Waals surface area contributed by atoms with Crippen LogP contribution >= 0.6 is 0 Å². The average Bonchev–Trinajstić information content (AvgIpc) is 3.33. The molecule has 0 aliphatic rings. The highest BCUT2D eigenvalue weighted by Crippen LogP contribution is 2.32. The molecular formula is C24H20N2O2. The van der Waals surface area contributed by atoms with E-state index < -0.39 is 0 Å². The maximum atomic E-state index is 6.09. The molecule has 5 aromatic rings.